The summed E-state index contributed by atoms with van der Waals surface area (Å²) in [6.07, 6.45) is -0.309. The molecule has 0 aliphatic heterocycles. The van der Waals surface area contributed by atoms with Crippen molar-refractivity contribution < 1.29 is 33.4 Å². The molecule has 0 aliphatic rings. The summed E-state index contributed by atoms with van der Waals surface area (Å²) in [6, 6.07) is 3.23. The summed E-state index contributed by atoms with van der Waals surface area (Å²) < 4.78 is 21.1. The van der Waals surface area contributed by atoms with Crippen molar-refractivity contribution in [2.24, 2.45) is 0 Å². The summed E-state index contributed by atoms with van der Waals surface area (Å²) in [5.74, 6) is -1.39. The van der Waals surface area contributed by atoms with Crippen molar-refractivity contribution in [2.75, 3.05) is 6.61 Å². The molecule has 7 nitrogen and oxygen atoms in total. The fourth-order valence-electron chi connectivity index (χ4n) is 2.71. The van der Waals surface area contributed by atoms with Crippen LogP contribution in [0.1, 0.15) is 43.9 Å². The largest absolute Gasteiger partial charge is 0.747 e. The van der Waals surface area contributed by atoms with E-state index in [-0.39, 0.29) is 25.2 Å². The first-order chi connectivity index (χ1) is 11.1. The maximum atomic E-state index is 11.9. The third-order valence-electron chi connectivity index (χ3n) is 3.41. The molecular formula is C16H22O7P+. The number of ether oxygens (including phenoxy) is 1. The summed E-state index contributed by atoms with van der Waals surface area (Å²) in [7, 11) is -2.93. The molecule has 1 atom stereocenters. The second-order valence-electron chi connectivity index (χ2n) is 6.06. The Hall–Kier alpha value is -1.98. The first kappa shape index (κ1) is 20.1. The topological polar surface area (TPSA) is 110 Å². The van der Waals surface area contributed by atoms with E-state index in [1.165, 1.54) is 0 Å². The van der Waals surface area contributed by atoms with E-state index in [0.717, 1.165) is 0 Å². The number of hydrogen-bond acceptors (Lipinski definition) is 5. The Balaban J connectivity index is 3.45. The first-order valence-electron chi connectivity index (χ1n) is 7.42. The minimum Gasteiger partial charge on any atom is -0.481 e. The number of aliphatic carboxylic acids is 1. The van der Waals surface area contributed by atoms with Crippen LogP contribution in [0.2, 0.25) is 0 Å². The molecule has 0 spiro atoms. The Bertz CT molecular complexity index is 615. The number of aryl methyl sites for hydroxylation is 1. The summed E-state index contributed by atoms with van der Waals surface area (Å²) in [6.45, 7) is 7.12. The number of hydrogen-bond donors (Lipinski definition) is 2. The van der Waals surface area contributed by atoms with Crippen LogP contribution in [0.4, 0.5) is 0 Å². The van der Waals surface area contributed by atoms with Gasteiger partial charge in [0.25, 0.3) is 0 Å². The van der Waals surface area contributed by atoms with Gasteiger partial charge >= 0.3 is 20.2 Å². The van der Waals surface area contributed by atoms with Gasteiger partial charge in [0.15, 0.2) is 5.75 Å². The van der Waals surface area contributed by atoms with Gasteiger partial charge in [-0.2, -0.15) is 0 Å². The number of esters is 1. The fraction of sp³-hybridized carbons (Fsp3) is 0.500. The van der Waals surface area contributed by atoms with E-state index in [9.17, 15) is 14.2 Å². The number of carbonyl (C=O) groups is 2. The third-order valence-corrected chi connectivity index (χ3v) is 3.77. The lowest BCUT2D eigenvalue weighted by Crippen LogP contribution is -2.26. The van der Waals surface area contributed by atoms with Crippen LogP contribution in [0, 0.1) is 6.92 Å². The number of carbonyl (C=O) groups excluding carboxylic acids is 1. The average Bonchev–Trinajstić information content (AvgIpc) is 2.34. The Morgan fingerprint density at radius 1 is 1.29 bits per heavy atom. The van der Waals surface area contributed by atoms with Crippen molar-refractivity contribution >= 4 is 20.2 Å². The highest BCUT2D eigenvalue weighted by atomic mass is 31.1. The number of rotatable bonds is 8. The van der Waals surface area contributed by atoms with Crippen LogP contribution in [0.5, 0.6) is 5.75 Å². The lowest BCUT2D eigenvalue weighted by Gasteiger charge is -2.27. The average molecular weight is 357 g/mol. The molecule has 0 saturated carbocycles. The summed E-state index contributed by atoms with van der Waals surface area (Å²) in [5.41, 5.74) is 0.698. The van der Waals surface area contributed by atoms with E-state index in [1.807, 2.05) is 0 Å². The quantitative estimate of drug-likeness (QED) is 0.544. The molecule has 0 radical (unpaired) electrons. The molecule has 0 amide bonds. The van der Waals surface area contributed by atoms with Gasteiger partial charge in [0, 0.05) is 15.5 Å². The molecule has 0 aromatic heterocycles. The Labute approximate surface area is 141 Å². The Morgan fingerprint density at radius 3 is 2.42 bits per heavy atom. The molecule has 132 valence electrons. The predicted molar refractivity (Wildman–Crippen MR) is 87.2 cm³/mol. The molecule has 1 rings (SSSR count). The van der Waals surface area contributed by atoms with Crippen molar-refractivity contribution in [3.63, 3.8) is 0 Å². The van der Waals surface area contributed by atoms with Crippen LogP contribution in [-0.4, -0.2) is 28.5 Å². The monoisotopic (exact) mass is 357 g/mol. The highest BCUT2D eigenvalue weighted by molar-refractivity contribution is 7.32. The molecule has 8 heteroatoms. The first-order valence-corrected chi connectivity index (χ1v) is 8.55. The standard InChI is InChI=1S/C16H21O7P/c1-5-22-14(19)9-16(3,4)15-11(8-13(17)18)6-10(2)7-12(15)23-24(20)21/h6-7H,5,8-9H2,1-4H3,(H-,17,18,20,21)/p+1. The van der Waals surface area contributed by atoms with Gasteiger partial charge in [-0.25, -0.2) is 4.52 Å². The van der Waals surface area contributed by atoms with Crippen molar-refractivity contribution in [3.05, 3.63) is 28.8 Å². The highest BCUT2D eigenvalue weighted by Crippen LogP contribution is 2.41. The van der Waals surface area contributed by atoms with Crippen molar-refractivity contribution in [1.29, 1.82) is 0 Å². The summed E-state index contributed by atoms with van der Waals surface area (Å²) in [5, 5.41) is 9.15. The van der Waals surface area contributed by atoms with Crippen LogP contribution >= 0.6 is 8.25 Å². The van der Waals surface area contributed by atoms with E-state index in [0.29, 0.717) is 16.7 Å². The second kappa shape index (κ2) is 8.22. The SMILES string of the molecule is CCOC(=O)CC(C)(C)c1c(CC(=O)O)cc(C)cc1O[P+](=O)O. The van der Waals surface area contributed by atoms with Crippen molar-refractivity contribution in [3.8, 4) is 5.75 Å². The molecular weight excluding hydrogens is 335 g/mol. The zero-order valence-electron chi connectivity index (χ0n) is 14.2. The molecule has 0 bridgehead atoms. The van der Waals surface area contributed by atoms with Gasteiger partial charge in [0.05, 0.1) is 19.4 Å². The van der Waals surface area contributed by atoms with Gasteiger partial charge in [-0.15, -0.1) is 4.89 Å². The minimum absolute atomic E-state index is 0.0188. The number of benzene rings is 1. The van der Waals surface area contributed by atoms with E-state index < -0.39 is 25.6 Å². The van der Waals surface area contributed by atoms with Gasteiger partial charge in [0.1, 0.15) is 0 Å². The molecule has 1 aromatic rings. The zero-order valence-corrected chi connectivity index (χ0v) is 15.1. The molecule has 24 heavy (non-hydrogen) atoms. The predicted octanol–water partition coefficient (Wildman–Crippen LogP) is 2.88. The van der Waals surface area contributed by atoms with E-state index >= 15 is 0 Å². The van der Waals surface area contributed by atoms with Gasteiger partial charge < -0.3 is 9.84 Å². The molecule has 2 N–H and O–H groups in total. The van der Waals surface area contributed by atoms with Crippen molar-refractivity contribution in [1.82, 2.24) is 0 Å². The number of carboxylic acid groups (broad SMARTS) is 1. The van der Waals surface area contributed by atoms with Crippen LogP contribution in [0.25, 0.3) is 0 Å². The van der Waals surface area contributed by atoms with E-state index in [1.54, 1.807) is 39.8 Å². The smallest absolute Gasteiger partial charge is 0.481 e. The zero-order chi connectivity index (χ0) is 18.5. The molecule has 0 saturated heterocycles. The van der Waals surface area contributed by atoms with Gasteiger partial charge in [-0.1, -0.05) is 19.9 Å². The number of carboxylic acids is 1. The van der Waals surface area contributed by atoms with Crippen LogP contribution < -0.4 is 4.52 Å². The molecule has 1 aromatic carbocycles. The van der Waals surface area contributed by atoms with Gasteiger partial charge in [-0.3, -0.25) is 9.59 Å². The van der Waals surface area contributed by atoms with Crippen LogP contribution in [0.15, 0.2) is 12.1 Å². The van der Waals surface area contributed by atoms with Gasteiger partial charge in [0.2, 0.25) is 0 Å². The minimum atomic E-state index is -2.93. The van der Waals surface area contributed by atoms with E-state index in [2.05, 4.69) is 0 Å². The third kappa shape index (κ3) is 5.58. The molecule has 0 fully saturated rings. The fourth-order valence-corrected chi connectivity index (χ4v) is 3.03. The highest BCUT2D eigenvalue weighted by Gasteiger charge is 2.34. The summed E-state index contributed by atoms with van der Waals surface area (Å²) >= 11 is 0. The Morgan fingerprint density at radius 2 is 1.92 bits per heavy atom. The Kier molecular flexibility index (Phi) is 6.87. The lowest BCUT2D eigenvalue weighted by molar-refractivity contribution is -0.144. The normalized spacial score (nSPS) is 11.8. The summed E-state index contributed by atoms with van der Waals surface area (Å²) in [4.78, 5) is 32.2. The van der Waals surface area contributed by atoms with Crippen molar-refractivity contribution in [2.45, 2.75) is 46.0 Å². The van der Waals surface area contributed by atoms with Gasteiger partial charge in [-0.05, 0) is 31.0 Å². The second-order valence-corrected chi connectivity index (χ2v) is 6.72. The van der Waals surface area contributed by atoms with E-state index in [4.69, 9.17) is 19.3 Å². The van der Waals surface area contributed by atoms with Crippen LogP contribution in [0.3, 0.4) is 0 Å². The molecule has 1 unspecified atom stereocenters. The molecule has 0 heterocycles. The maximum absolute atomic E-state index is 11.9. The van der Waals surface area contributed by atoms with Crippen LogP contribution in [-0.2, 0) is 30.7 Å². The maximum Gasteiger partial charge on any atom is 0.747 e. The lowest BCUT2D eigenvalue weighted by atomic mass is 9.77. The molecule has 0 aliphatic carbocycles.